The summed E-state index contributed by atoms with van der Waals surface area (Å²) in [4.78, 5) is 87.0. The highest BCUT2D eigenvalue weighted by atomic mass is 79.9. The smallest absolute Gasteiger partial charge is 0.407 e. The van der Waals surface area contributed by atoms with E-state index in [9.17, 15) is 43.8 Å². The Kier molecular flexibility index (Phi) is 12.9. The first-order valence-electron chi connectivity index (χ1n) is 23.4. The monoisotopic (exact) mass is 1020 g/mol. The van der Waals surface area contributed by atoms with Crippen molar-refractivity contribution in [2.24, 2.45) is 28.6 Å². The van der Waals surface area contributed by atoms with Gasteiger partial charge >= 0.3 is 12.1 Å². The maximum atomic E-state index is 13.9. The van der Waals surface area contributed by atoms with Crippen molar-refractivity contribution < 1.29 is 67.8 Å². The fourth-order valence-corrected chi connectivity index (χ4v) is 13.2. The molecule has 10 atom stereocenters. The quantitative estimate of drug-likeness (QED) is 0.110. The molecule has 1 saturated heterocycles. The minimum atomic E-state index is -1.46. The number of benzene rings is 2. The topological polar surface area (TPSA) is 265 Å². The number of aliphatic hydroxyl groups is 2. The second-order valence-corrected chi connectivity index (χ2v) is 20.9. The first kappa shape index (κ1) is 48.5. The highest BCUT2D eigenvalue weighted by molar-refractivity contribution is 9.09. The van der Waals surface area contributed by atoms with Crippen LogP contribution in [0.25, 0.3) is 0 Å². The van der Waals surface area contributed by atoms with Gasteiger partial charge in [0.25, 0.3) is 0 Å². The van der Waals surface area contributed by atoms with Gasteiger partial charge in [0, 0.05) is 53.7 Å². The van der Waals surface area contributed by atoms with E-state index < -0.39 is 94.3 Å². The Labute approximate surface area is 406 Å². The molecular weight excluding hydrogens is 960 g/mol. The number of alkyl halides is 1. The van der Waals surface area contributed by atoms with Crippen LogP contribution in [0, 0.1) is 28.6 Å². The SMILES string of the molecule is C[C@]12C=CC(=O)C=C1CC[C@@H]1[C@@H]2[C@@H](O)C[C@@]2(C)[C@H]1C[C@H]1O[C@@H](c3ccc(OC45CC(NC(=O)OCc6ccc(NC(=O)[C@H](CCC(=O)O)NC(=O)CNC(=O)CBr)cc6)(C4)C5)cc3)O[C@]12C(=O)CO. The number of carboxylic acids is 1. The number of allylic oxidation sites excluding steroid dienone is 4. The van der Waals surface area contributed by atoms with Gasteiger partial charge in [0.15, 0.2) is 23.5 Å². The van der Waals surface area contributed by atoms with E-state index in [1.54, 1.807) is 36.4 Å². The molecule has 0 radical (unpaired) electrons. The van der Waals surface area contributed by atoms with Crippen molar-refractivity contribution in [3.05, 3.63) is 83.5 Å². The number of hydrogen-bond acceptors (Lipinski definition) is 13. The number of ether oxygens (including phenoxy) is 4. The molecule has 1 heterocycles. The Bertz CT molecular complexity index is 2480. The summed E-state index contributed by atoms with van der Waals surface area (Å²) in [5.41, 5.74) is -0.896. The Balaban J connectivity index is 0.746. The van der Waals surface area contributed by atoms with Gasteiger partial charge in [-0.15, -0.1) is 0 Å². The van der Waals surface area contributed by atoms with Crippen molar-refractivity contribution in [2.45, 2.75) is 120 Å². The van der Waals surface area contributed by atoms with Gasteiger partial charge < -0.3 is 55.5 Å². The number of carboxylic acid groups (broad SMARTS) is 1. The number of carbonyl (C=O) groups excluding carboxylic acids is 6. The van der Waals surface area contributed by atoms with E-state index >= 15 is 0 Å². The molecule has 7 N–H and O–H groups in total. The maximum absolute atomic E-state index is 13.9. The van der Waals surface area contributed by atoms with Crippen molar-refractivity contribution in [2.75, 3.05) is 23.8 Å². The lowest BCUT2D eigenvalue weighted by Crippen LogP contribution is -2.80. The molecule has 0 spiro atoms. The Morgan fingerprint density at radius 1 is 0.986 bits per heavy atom. The lowest BCUT2D eigenvalue weighted by Gasteiger charge is -2.68. The first-order chi connectivity index (χ1) is 32.8. The van der Waals surface area contributed by atoms with Crippen LogP contribution in [0.3, 0.4) is 0 Å². The third-order valence-corrected chi connectivity index (χ3v) is 16.6. The third-order valence-electron chi connectivity index (χ3n) is 16.1. The molecule has 6 saturated carbocycles. The number of aliphatic carboxylic acids is 1. The minimum Gasteiger partial charge on any atom is -0.487 e. The van der Waals surface area contributed by atoms with Crippen molar-refractivity contribution in [3.8, 4) is 5.75 Å². The molecule has 368 valence electrons. The number of halogens is 1. The number of amides is 4. The van der Waals surface area contributed by atoms with Gasteiger partial charge in [-0.2, -0.15) is 0 Å². The van der Waals surface area contributed by atoms with E-state index in [-0.39, 0.29) is 61.3 Å². The first-order valence-corrected chi connectivity index (χ1v) is 24.5. The van der Waals surface area contributed by atoms with Gasteiger partial charge in [-0.05, 0) is 85.9 Å². The molecule has 8 aliphatic rings. The highest BCUT2D eigenvalue weighted by Gasteiger charge is 2.76. The number of fused-ring (bicyclic) bond motifs is 7. The van der Waals surface area contributed by atoms with E-state index in [2.05, 4.69) is 44.1 Å². The molecule has 18 nitrogen and oxygen atoms in total. The van der Waals surface area contributed by atoms with Gasteiger partial charge in [-0.1, -0.05) is 65.7 Å². The maximum Gasteiger partial charge on any atom is 0.407 e. The van der Waals surface area contributed by atoms with Gasteiger partial charge in [-0.25, -0.2) is 4.79 Å². The van der Waals surface area contributed by atoms with Crippen molar-refractivity contribution >= 4 is 63.0 Å². The fraction of sp³-hybridized carbons (Fsp3) is 0.540. The zero-order chi connectivity index (χ0) is 49.1. The number of nitrogens with one attached hydrogen (secondary N) is 4. The van der Waals surface area contributed by atoms with Gasteiger partial charge in [-0.3, -0.25) is 28.8 Å². The third kappa shape index (κ3) is 8.78. The molecule has 0 unspecified atom stereocenters. The van der Waals surface area contributed by atoms with Crippen LogP contribution < -0.4 is 26.0 Å². The van der Waals surface area contributed by atoms with Crippen LogP contribution in [0.15, 0.2) is 72.3 Å². The van der Waals surface area contributed by atoms with E-state index in [1.165, 1.54) is 0 Å². The molecule has 2 bridgehead atoms. The Morgan fingerprint density at radius 2 is 1.71 bits per heavy atom. The van der Waals surface area contributed by atoms with Crippen LogP contribution in [-0.4, -0.2) is 110 Å². The zero-order valence-electron chi connectivity index (χ0n) is 38.3. The Morgan fingerprint density at radius 3 is 2.39 bits per heavy atom. The molecule has 69 heavy (non-hydrogen) atoms. The summed E-state index contributed by atoms with van der Waals surface area (Å²) >= 11 is 2.97. The average molecular weight is 1020 g/mol. The van der Waals surface area contributed by atoms with Gasteiger partial charge in [0.05, 0.1) is 29.6 Å². The van der Waals surface area contributed by atoms with Crippen molar-refractivity contribution in [3.63, 3.8) is 0 Å². The van der Waals surface area contributed by atoms with Crippen molar-refractivity contribution in [1.82, 2.24) is 16.0 Å². The number of carbonyl (C=O) groups is 7. The van der Waals surface area contributed by atoms with E-state index in [0.29, 0.717) is 48.2 Å². The van der Waals surface area contributed by atoms with Gasteiger partial charge in [0.2, 0.25) is 17.7 Å². The molecule has 4 amide bonds. The predicted octanol–water partition coefficient (Wildman–Crippen LogP) is 4.07. The predicted molar refractivity (Wildman–Crippen MR) is 247 cm³/mol. The highest BCUT2D eigenvalue weighted by Crippen LogP contribution is 2.70. The lowest BCUT2D eigenvalue weighted by molar-refractivity contribution is -0.201. The Hall–Kier alpha value is -5.47. The summed E-state index contributed by atoms with van der Waals surface area (Å²) in [5, 5.41) is 41.8. The minimum absolute atomic E-state index is 0.0100. The van der Waals surface area contributed by atoms with E-state index in [0.717, 1.165) is 18.4 Å². The van der Waals surface area contributed by atoms with Crippen molar-refractivity contribution in [1.29, 1.82) is 0 Å². The standard InChI is InChI=1S/C50H57BrN4O14/c1-46-16-15-31(57)17-29(46)7-12-33-34-18-38-50(37(59)22-56,47(34,2)19-36(58)42(33)46)69-44(67-38)28-5-10-32(11-6-28)68-49-24-48(25-49,26-49)55-45(65)66-23-27-3-8-30(9-4-27)53-43(64)35(13-14-41(62)63)54-40(61)21-52-39(60)20-51/h3-6,8-11,15-17,33-36,38,42,44,56,58H,7,12-14,18-26H2,1-2H3,(H,52,60)(H,53,64)(H,54,61)(H,55,65)(H,62,63)/t33-,34-,35-,36-,38+,42+,44+,46-,47-,48?,49?,50+/m0/s1. The zero-order valence-corrected chi connectivity index (χ0v) is 39.9. The number of rotatable bonds is 17. The van der Waals surface area contributed by atoms with Crippen LogP contribution in [0.5, 0.6) is 5.75 Å². The average Bonchev–Trinajstić information content (AvgIpc) is 3.80. The van der Waals surface area contributed by atoms with Crippen LogP contribution in [-0.2, 0) is 49.6 Å². The summed E-state index contributed by atoms with van der Waals surface area (Å²) in [6.07, 6.45) is 5.95. The fourth-order valence-electron chi connectivity index (χ4n) is 13.0. The second kappa shape index (κ2) is 18.4. The largest absolute Gasteiger partial charge is 0.487 e. The normalized spacial score (nSPS) is 34.7. The molecule has 7 fully saturated rings. The van der Waals surface area contributed by atoms with E-state index in [1.807, 2.05) is 37.3 Å². The van der Waals surface area contributed by atoms with Crippen LogP contribution in [0.4, 0.5) is 10.5 Å². The molecule has 0 aromatic heterocycles. The van der Waals surface area contributed by atoms with Crippen LogP contribution >= 0.6 is 15.9 Å². The molecule has 2 aromatic carbocycles. The molecule has 7 aliphatic carbocycles. The molecular formula is C50H57BrN4O14. The molecule has 1 aliphatic heterocycles. The second-order valence-electron chi connectivity index (χ2n) is 20.4. The molecule has 19 heteroatoms. The molecule has 2 aromatic rings. The summed E-state index contributed by atoms with van der Waals surface area (Å²) in [7, 11) is 0. The van der Waals surface area contributed by atoms with Crippen LogP contribution in [0.2, 0.25) is 0 Å². The summed E-state index contributed by atoms with van der Waals surface area (Å²) in [5.74, 6) is -2.83. The molecule has 10 rings (SSSR count). The number of Topliss-reactive ketones (excluding diaryl/α,β-unsaturated/α-hetero) is 1. The number of ketones is 2. The van der Waals surface area contributed by atoms with Gasteiger partial charge in [0.1, 0.15) is 30.6 Å². The summed E-state index contributed by atoms with van der Waals surface area (Å²) in [6.45, 7) is 2.96. The number of hydrogen-bond donors (Lipinski definition) is 7. The lowest BCUT2D eigenvalue weighted by atomic mass is 9.46. The summed E-state index contributed by atoms with van der Waals surface area (Å²) in [6, 6.07) is 12.6. The summed E-state index contributed by atoms with van der Waals surface area (Å²) < 4.78 is 25.3. The van der Waals surface area contributed by atoms with E-state index in [4.69, 9.17) is 24.1 Å². The number of anilines is 1. The number of alkyl carbamates (subject to hydrolysis) is 1. The number of aliphatic hydroxyl groups excluding tert-OH is 2. The van der Waals surface area contributed by atoms with Crippen LogP contribution in [0.1, 0.15) is 89.1 Å².